The molecule has 1 nitrogen and oxygen atoms in total. The molecule has 1 aromatic carbocycles. The number of alkyl halides is 3. The zero-order valence-corrected chi connectivity index (χ0v) is 10.7. The normalized spacial score (nSPS) is 17.5. The van der Waals surface area contributed by atoms with Crippen molar-refractivity contribution in [1.82, 2.24) is 5.32 Å². The maximum Gasteiger partial charge on any atom is 0.416 e. The fourth-order valence-corrected chi connectivity index (χ4v) is 2.23. The van der Waals surface area contributed by atoms with Gasteiger partial charge in [0.25, 0.3) is 0 Å². The molecule has 0 aliphatic heterocycles. The molecule has 1 unspecified atom stereocenters. The van der Waals surface area contributed by atoms with Gasteiger partial charge in [-0.3, -0.25) is 0 Å². The predicted molar refractivity (Wildman–Crippen MR) is 65.0 cm³/mol. The minimum Gasteiger partial charge on any atom is -0.312 e. The number of hydrogen-bond donors (Lipinski definition) is 1. The largest absolute Gasteiger partial charge is 0.416 e. The number of halogens is 4. The van der Waals surface area contributed by atoms with E-state index in [1.165, 1.54) is 18.9 Å². The second-order valence-corrected chi connectivity index (χ2v) is 5.24. The molecule has 0 bridgehead atoms. The molecule has 1 fully saturated rings. The summed E-state index contributed by atoms with van der Waals surface area (Å²) in [6, 6.07) is 2.82. The summed E-state index contributed by atoms with van der Waals surface area (Å²) in [5, 5.41) is 3.03. The predicted octanol–water partition coefficient (Wildman–Crippen LogP) is 3.98. The third-order valence-corrected chi connectivity index (χ3v) is 3.59. The lowest BCUT2D eigenvalue weighted by atomic mass is 10.0. The molecule has 1 N–H and O–H groups in total. The molecule has 1 aliphatic carbocycles. The smallest absolute Gasteiger partial charge is 0.312 e. The lowest BCUT2D eigenvalue weighted by molar-refractivity contribution is -0.138. The van der Waals surface area contributed by atoms with E-state index in [-0.39, 0.29) is 12.1 Å². The van der Waals surface area contributed by atoms with Crippen LogP contribution < -0.4 is 5.32 Å². The number of hydrogen-bond acceptors (Lipinski definition) is 1. The average Bonchev–Trinajstić information content (AvgIpc) is 3.13. The van der Waals surface area contributed by atoms with E-state index in [4.69, 9.17) is 0 Å². The van der Waals surface area contributed by atoms with Crippen molar-refractivity contribution < 1.29 is 17.6 Å². The number of benzene rings is 1. The van der Waals surface area contributed by atoms with Gasteiger partial charge in [0.05, 0.1) is 5.56 Å². The average molecular weight is 275 g/mol. The highest BCUT2D eigenvalue weighted by Gasteiger charge is 2.33. The first kappa shape index (κ1) is 14.3. The van der Waals surface area contributed by atoms with Crippen LogP contribution in [0.3, 0.4) is 0 Å². The minimum atomic E-state index is -4.51. The fourth-order valence-electron chi connectivity index (χ4n) is 2.23. The maximum atomic E-state index is 12.9. The van der Waals surface area contributed by atoms with Crippen LogP contribution in [0.25, 0.3) is 0 Å². The number of nitrogens with one attached hydrogen (secondary N) is 1. The van der Waals surface area contributed by atoms with Gasteiger partial charge in [-0.2, -0.15) is 13.2 Å². The van der Waals surface area contributed by atoms with Gasteiger partial charge in [0.2, 0.25) is 0 Å². The highest BCUT2D eigenvalue weighted by molar-refractivity contribution is 5.30. The molecule has 1 aromatic rings. The quantitative estimate of drug-likeness (QED) is 0.801. The molecule has 5 heteroatoms. The highest BCUT2D eigenvalue weighted by Crippen LogP contribution is 2.36. The van der Waals surface area contributed by atoms with Crippen molar-refractivity contribution in [2.24, 2.45) is 11.8 Å². The van der Waals surface area contributed by atoms with Gasteiger partial charge in [0.15, 0.2) is 0 Å². The van der Waals surface area contributed by atoms with Gasteiger partial charge in [0, 0.05) is 6.54 Å². The van der Waals surface area contributed by atoms with Gasteiger partial charge >= 0.3 is 6.18 Å². The first-order valence-corrected chi connectivity index (χ1v) is 6.44. The fraction of sp³-hybridized carbons (Fsp3) is 0.571. The molecule has 19 heavy (non-hydrogen) atoms. The third-order valence-electron chi connectivity index (χ3n) is 3.59. The Hall–Kier alpha value is -1.10. The molecule has 1 atom stereocenters. The summed E-state index contributed by atoms with van der Waals surface area (Å²) in [6.45, 7) is 2.91. The molecule has 0 heterocycles. The van der Waals surface area contributed by atoms with Crippen molar-refractivity contribution in [2.75, 3.05) is 6.54 Å². The molecular formula is C14H17F4N. The summed E-state index contributed by atoms with van der Waals surface area (Å²) >= 11 is 0. The Morgan fingerprint density at radius 2 is 2.00 bits per heavy atom. The van der Waals surface area contributed by atoms with Crippen molar-refractivity contribution >= 4 is 0 Å². The zero-order valence-electron chi connectivity index (χ0n) is 10.7. The monoisotopic (exact) mass is 275 g/mol. The molecule has 0 aromatic heterocycles. The van der Waals surface area contributed by atoms with E-state index >= 15 is 0 Å². The van der Waals surface area contributed by atoms with Gasteiger partial charge in [-0.05, 0) is 48.9 Å². The van der Waals surface area contributed by atoms with Crippen LogP contribution in [0.1, 0.15) is 30.9 Å². The van der Waals surface area contributed by atoms with Crippen LogP contribution in [-0.4, -0.2) is 6.54 Å². The molecule has 0 amide bonds. The summed E-state index contributed by atoms with van der Waals surface area (Å²) in [5.41, 5.74) is -0.795. The highest BCUT2D eigenvalue weighted by atomic mass is 19.4. The van der Waals surface area contributed by atoms with Crippen molar-refractivity contribution in [2.45, 2.75) is 32.5 Å². The minimum absolute atomic E-state index is 0.0943. The van der Waals surface area contributed by atoms with E-state index in [0.717, 1.165) is 6.07 Å². The van der Waals surface area contributed by atoms with Crippen molar-refractivity contribution in [3.8, 4) is 0 Å². The van der Waals surface area contributed by atoms with E-state index in [1.807, 2.05) is 0 Å². The van der Waals surface area contributed by atoms with Crippen LogP contribution in [0, 0.1) is 17.7 Å². The molecule has 0 spiro atoms. The van der Waals surface area contributed by atoms with E-state index < -0.39 is 17.6 Å². The van der Waals surface area contributed by atoms with Gasteiger partial charge in [-0.15, -0.1) is 0 Å². The standard InChI is InChI=1S/C14H17F4N/c1-9(10-2-3-10)7-19-8-11-4-5-12(15)6-13(11)14(16,17)18/h4-6,9-10,19H,2-3,7-8H2,1H3. The Bertz CT molecular complexity index is 438. The van der Waals surface area contributed by atoms with Crippen LogP contribution >= 0.6 is 0 Å². The lowest BCUT2D eigenvalue weighted by Gasteiger charge is -2.15. The Balaban J connectivity index is 1.98. The number of rotatable bonds is 5. The third kappa shape index (κ3) is 3.93. The molecular weight excluding hydrogens is 258 g/mol. The van der Waals surface area contributed by atoms with Gasteiger partial charge < -0.3 is 5.32 Å². The molecule has 0 radical (unpaired) electrons. The van der Waals surface area contributed by atoms with Crippen LogP contribution in [0.4, 0.5) is 17.6 Å². The summed E-state index contributed by atoms with van der Waals surface area (Å²) < 4.78 is 51.2. The van der Waals surface area contributed by atoms with Gasteiger partial charge in [0.1, 0.15) is 5.82 Å². The molecule has 1 saturated carbocycles. The second-order valence-electron chi connectivity index (χ2n) is 5.24. The SMILES string of the molecule is CC(CNCc1ccc(F)cc1C(F)(F)F)C1CC1. The molecule has 1 aliphatic rings. The van der Waals surface area contributed by atoms with Crippen molar-refractivity contribution in [3.05, 3.63) is 35.1 Å². The summed E-state index contributed by atoms with van der Waals surface area (Å²) in [6.07, 6.45) is -2.08. The van der Waals surface area contributed by atoms with E-state index in [2.05, 4.69) is 12.2 Å². The molecule has 2 rings (SSSR count). The maximum absolute atomic E-state index is 12.9. The van der Waals surface area contributed by atoms with Crippen LogP contribution in [0.2, 0.25) is 0 Å². The summed E-state index contributed by atoms with van der Waals surface area (Å²) in [5.74, 6) is 0.333. The summed E-state index contributed by atoms with van der Waals surface area (Å²) in [7, 11) is 0. The van der Waals surface area contributed by atoms with Crippen LogP contribution in [-0.2, 0) is 12.7 Å². The van der Waals surface area contributed by atoms with Gasteiger partial charge in [-0.25, -0.2) is 4.39 Å². The Morgan fingerprint density at radius 3 is 2.58 bits per heavy atom. The van der Waals surface area contributed by atoms with Gasteiger partial charge in [-0.1, -0.05) is 13.0 Å². The Kier molecular flexibility index (Phi) is 4.13. The van der Waals surface area contributed by atoms with E-state index in [0.29, 0.717) is 24.4 Å². The lowest BCUT2D eigenvalue weighted by Crippen LogP contribution is -2.23. The first-order valence-electron chi connectivity index (χ1n) is 6.44. The van der Waals surface area contributed by atoms with Crippen molar-refractivity contribution in [3.63, 3.8) is 0 Å². The van der Waals surface area contributed by atoms with Crippen LogP contribution in [0.15, 0.2) is 18.2 Å². The second kappa shape index (κ2) is 5.49. The molecule has 106 valence electrons. The Morgan fingerprint density at radius 1 is 1.32 bits per heavy atom. The molecule has 0 saturated heterocycles. The van der Waals surface area contributed by atoms with E-state index in [9.17, 15) is 17.6 Å². The first-order chi connectivity index (χ1) is 8.88. The Labute approximate surface area is 110 Å². The topological polar surface area (TPSA) is 12.0 Å². The summed E-state index contributed by atoms with van der Waals surface area (Å²) in [4.78, 5) is 0. The van der Waals surface area contributed by atoms with Crippen molar-refractivity contribution in [1.29, 1.82) is 0 Å². The van der Waals surface area contributed by atoms with E-state index in [1.54, 1.807) is 0 Å². The van der Waals surface area contributed by atoms with Crippen LogP contribution in [0.5, 0.6) is 0 Å². The zero-order chi connectivity index (χ0) is 14.0.